The third-order valence-electron chi connectivity index (χ3n) is 4.44. The molecule has 172 valence electrons. The van der Waals surface area contributed by atoms with E-state index in [0.29, 0.717) is 35.4 Å². The minimum absolute atomic E-state index is 0.226. The van der Waals surface area contributed by atoms with Crippen LogP contribution < -0.4 is 14.8 Å². The zero-order valence-corrected chi connectivity index (χ0v) is 20.7. The predicted molar refractivity (Wildman–Crippen MR) is 134 cm³/mol. The van der Waals surface area contributed by atoms with Gasteiger partial charge >= 0.3 is 0 Å². The third-order valence-corrected chi connectivity index (χ3v) is 5.28. The van der Waals surface area contributed by atoms with Gasteiger partial charge in [0.25, 0.3) is 5.91 Å². The molecule has 3 aromatic rings. The molecule has 8 heteroatoms. The number of nitrogens with one attached hydrogen (secondary N) is 1. The summed E-state index contributed by atoms with van der Waals surface area (Å²) in [6, 6.07) is 18.6. The number of nitrogens with zero attached hydrogens (tertiary/aromatic N) is 1. The van der Waals surface area contributed by atoms with Gasteiger partial charge in [-0.2, -0.15) is 0 Å². The van der Waals surface area contributed by atoms with Gasteiger partial charge in [0.1, 0.15) is 6.61 Å². The highest BCUT2D eigenvalue weighted by Crippen LogP contribution is 2.37. The first-order valence-corrected chi connectivity index (χ1v) is 11.5. The molecule has 0 saturated carbocycles. The van der Waals surface area contributed by atoms with E-state index < -0.39 is 0 Å². The smallest absolute Gasteiger partial charge is 0.265 e. The molecule has 0 atom stereocenters. The van der Waals surface area contributed by atoms with Gasteiger partial charge in [0.15, 0.2) is 18.1 Å². The zero-order chi connectivity index (χ0) is 23.6. The molecule has 3 rings (SSSR count). The SMILES string of the molecule is CCOc1cc(/C=N/OCC(=O)Nc2ccc(Cl)cc2)cc(Br)c1OCc1ccc(C)cc1. The molecule has 1 N–H and O–H groups in total. The number of carbonyl (C=O) groups is 1. The maximum absolute atomic E-state index is 12.0. The molecule has 6 nitrogen and oxygen atoms in total. The molecule has 33 heavy (non-hydrogen) atoms. The van der Waals surface area contributed by atoms with Gasteiger partial charge in [-0.05, 0) is 71.7 Å². The number of rotatable bonds is 10. The maximum atomic E-state index is 12.0. The Hall–Kier alpha value is -3.03. The molecule has 0 unspecified atom stereocenters. The monoisotopic (exact) mass is 530 g/mol. The molecule has 0 aliphatic carbocycles. The van der Waals surface area contributed by atoms with Crippen LogP contribution in [-0.4, -0.2) is 25.3 Å². The lowest BCUT2D eigenvalue weighted by Gasteiger charge is -2.14. The molecule has 1 amide bonds. The quantitative estimate of drug-likeness (QED) is 0.243. The van der Waals surface area contributed by atoms with Crippen LogP contribution in [0, 0.1) is 6.92 Å². The second-order valence-electron chi connectivity index (χ2n) is 7.10. The molecule has 0 aliphatic rings. The molecule has 0 saturated heterocycles. The average molecular weight is 532 g/mol. The molecular formula is C25H24BrClN2O4. The van der Waals surface area contributed by atoms with E-state index in [-0.39, 0.29) is 12.5 Å². The lowest BCUT2D eigenvalue weighted by atomic mass is 10.2. The maximum Gasteiger partial charge on any atom is 0.265 e. The standard InChI is InChI=1S/C25H24BrClN2O4/c1-3-31-23-13-19(12-22(26)25(23)32-15-18-6-4-17(2)5-7-18)14-28-33-16-24(30)29-21-10-8-20(27)9-11-21/h4-14H,3,15-16H2,1-2H3,(H,29,30)/b28-14+. The van der Waals surface area contributed by atoms with Crippen LogP contribution in [0.15, 0.2) is 70.3 Å². The summed E-state index contributed by atoms with van der Waals surface area (Å²) in [6.45, 7) is 4.62. The Morgan fingerprint density at radius 1 is 1.09 bits per heavy atom. The van der Waals surface area contributed by atoms with E-state index in [1.54, 1.807) is 30.3 Å². The number of aryl methyl sites for hydroxylation is 1. The normalized spacial score (nSPS) is 10.8. The summed E-state index contributed by atoms with van der Waals surface area (Å²) in [5.74, 6) is 0.865. The van der Waals surface area contributed by atoms with Gasteiger partial charge in [-0.15, -0.1) is 0 Å². The van der Waals surface area contributed by atoms with E-state index in [0.717, 1.165) is 15.6 Å². The van der Waals surface area contributed by atoms with E-state index in [9.17, 15) is 4.79 Å². The van der Waals surface area contributed by atoms with Crippen molar-refractivity contribution in [2.45, 2.75) is 20.5 Å². The zero-order valence-electron chi connectivity index (χ0n) is 18.3. The van der Waals surface area contributed by atoms with Crippen LogP contribution in [0.1, 0.15) is 23.6 Å². The van der Waals surface area contributed by atoms with Crippen LogP contribution in [0.2, 0.25) is 5.02 Å². The number of anilines is 1. The molecule has 0 aromatic heterocycles. The molecule has 0 spiro atoms. The summed E-state index contributed by atoms with van der Waals surface area (Å²) >= 11 is 9.38. The number of hydrogen-bond donors (Lipinski definition) is 1. The Bertz CT molecular complexity index is 1100. The molecular weight excluding hydrogens is 508 g/mol. The highest BCUT2D eigenvalue weighted by molar-refractivity contribution is 9.10. The van der Waals surface area contributed by atoms with Crippen molar-refractivity contribution < 1.29 is 19.1 Å². The lowest BCUT2D eigenvalue weighted by Crippen LogP contribution is -2.16. The summed E-state index contributed by atoms with van der Waals surface area (Å²) < 4.78 is 12.5. The molecule has 0 radical (unpaired) electrons. The molecule has 3 aromatic carbocycles. The molecule has 0 heterocycles. The fourth-order valence-corrected chi connectivity index (χ4v) is 3.53. The second kappa shape index (κ2) is 12.3. The van der Waals surface area contributed by atoms with Crippen LogP contribution in [0.3, 0.4) is 0 Å². The second-order valence-corrected chi connectivity index (χ2v) is 8.39. The van der Waals surface area contributed by atoms with Crippen molar-refractivity contribution in [2.75, 3.05) is 18.5 Å². The van der Waals surface area contributed by atoms with Crippen molar-refractivity contribution >= 4 is 45.3 Å². The summed E-state index contributed by atoms with van der Waals surface area (Å²) in [4.78, 5) is 17.1. The lowest BCUT2D eigenvalue weighted by molar-refractivity contribution is -0.120. The third kappa shape index (κ3) is 7.80. The van der Waals surface area contributed by atoms with Gasteiger partial charge in [-0.1, -0.05) is 46.6 Å². The van der Waals surface area contributed by atoms with Crippen molar-refractivity contribution in [1.82, 2.24) is 0 Å². The Morgan fingerprint density at radius 3 is 2.52 bits per heavy atom. The largest absolute Gasteiger partial charge is 0.490 e. The highest BCUT2D eigenvalue weighted by Gasteiger charge is 2.12. The van der Waals surface area contributed by atoms with Crippen LogP contribution in [0.5, 0.6) is 11.5 Å². The van der Waals surface area contributed by atoms with E-state index in [1.807, 2.05) is 44.2 Å². The van der Waals surface area contributed by atoms with E-state index in [4.69, 9.17) is 25.9 Å². The van der Waals surface area contributed by atoms with Crippen molar-refractivity contribution in [3.63, 3.8) is 0 Å². The summed E-state index contributed by atoms with van der Waals surface area (Å²) in [7, 11) is 0. The Balaban J connectivity index is 1.59. The molecule has 0 aliphatic heterocycles. The van der Waals surface area contributed by atoms with E-state index in [1.165, 1.54) is 11.8 Å². The Morgan fingerprint density at radius 2 is 1.82 bits per heavy atom. The van der Waals surface area contributed by atoms with Gasteiger partial charge in [-0.3, -0.25) is 4.79 Å². The van der Waals surface area contributed by atoms with Crippen molar-refractivity contribution in [3.05, 3.63) is 86.8 Å². The number of carbonyl (C=O) groups excluding carboxylic acids is 1. The van der Waals surface area contributed by atoms with Crippen molar-refractivity contribution in [2.24, 2.45) is 5.16 Å². The minimum Gasteiger partial charge on any atom is -0.490 e. The highest BCUT2D eigenvalue weighted by atomic mass is 79.9. The van der Waals surface area contributed by atoms with Crippen LogP contribution in [0.25, 0.3) is 0 Å². The summed E-state index contributed by atoms with van der Waals surface area (Å²) in [6.07, 6.45) is 1.51. The van der Waals surface area contributed by atoms with Crippen LogP contribution in [-0.2, 0) is 16.2 Å². The number of benzene rings is 3. The number of amides is 1. The number of ether oxygens (including phenoxy) is 2. The van der Waals surface area contributed by atoms with Crippen molar-refractivity contribution in [3.8, 4) is 11.5 Å². The van der Waals surface area contributed by atoms with Gasteiger partial charge in [0.05, 0.1) is 17.3 Å². The van der Waals surface area contributed by atoms with Gasteiger partial charge < -0.3 is 19.6 Å². The molecule has 0 bridgehead atoms. The number of oxime groups is 1. The summed E-state index contributed by atoms with van der Waals surface area (Å²) in [5.41, 5.74) is 3.61. The Labute approximate surface area is 206 Å². The minimum atomic E-state index is -0.328. The summed E-state index contributed by atoms with van der Waals surface area (Å²) in [5, 5.41) is 7.18. The van der Waals surface area contributed by atoms with Crippen LogP contribution >= 0.6 is 27.5 Å². The first-order chi connectivity index (χ1) is 15.9. The molecule has 0 fully saturated rings. The number of hydrogen-bond acceptors (Lipinski definition) is 5. The first kappa shape index (κ1) is 24.6. The average Bonchev–Trinajstić information content (AvgIpc) is 2.79. The van der Waals surface area contributed by atoms with Gasteiger partial charge in [0, 0.05) is 16.3 Å². The van der Waals surface area contributed by atoms with Crippen LogP contribution in [0.4, 0.5) is 5.69 Å². The van der Waals surface area contributed by atoms with Gasteiger partial charge in [0.2, 0.25) is 0 Å². The number of halogens is 2. The fourth-order valence-electron chi connectivity index (χ4n) is 2.83. The Kier molecular flexibility index (Phi) is 9.15. The van der Waals surface area contributed by atoms with E-state index in [2.05, 4.69) is 26.4 Å². The fraction of sp³-hybridized carbons (Fsp3) is 0.200. The van der Waals surface area contributed by atoms with E-state index >= 15 is 0 Å². The van der Waals surface area contributed by atoms with Gasteiger partial charge in [-0.25, -0.2) is 0 Å². The van der Waals surface area contributed by atoms with Crippen molar-refractivity contribution in [1.29, 1.82) is 0 Å². The predicted octanol–water partition coefficient (Wildman–Crippen LogP) is 6.38. The topological polar surface area (TPSA) is 69.2 Å². The first-order valence-electron chi connectivity index (χ1n) is 10.3.